The second-order valence-corrected chi connectivity index (χ2v) is 5.58. The number of rotatable bonds is 4. The highest BCUT2D eigenvalue weighted by molar-refractivity contribution is 5.68. The number of anilines is 1. The molecule has 112 valence electrons. The first kappa shape index (κ1) is 16.6. The van der Waals surface area contributed by atoms with Gasteiger partial charge in [-0.1, -0.05) is 12.2 Å². The summed E-state index contributed by atoms with van der Waals surface area (Å²) in [5, 5.41) is 11.5. The third-order valence-corrected chi connectivity index (χ3v) is 2.49. The molecule has 0 aliphatic heterocycles. The van der Waals surface area contributed by atoms with E-state index in [9.17, 15) is 4.79 Å². The number of carbonyl (C=O) groups excluding carboxylic acids is 1. The average Bonchev–Trinajstić information content (AvgIpc) is 2.38. The molecule has 0 saturated carbocycles. The standard InChI is InChI=1S/C16H21N3O2/c1-16(2,3)21-15(20)19-9-5-4-6-13-10-12(11-17)7-8-14(13)18/h4,6-8,10H,5,9,18H2,1-3H3,(H,19,20). The molecule has 0 saturated heterocycles. The lowest BCUT2D eigenvalue weighted by molar-refractivity contribution is 0.0529. The number of benzene rings is 1. The van der Waals surface area contributed by atoms with Crippen LogP contribution < -0.4 is 11.1 Å². The third-order valence-electron chi connectivity index (χ3n) is 2.49. The molecule has 21 heavy (non-hydrogen) atoms. The van der Waals surface area contributed by atoms with Gasteiger partial charge in [-0.25, -0.2) is 4.79 Å². The van der Waals surface area contributed by atoms with Crippen molar-refractivity contribution < 1.29 is 9.53 Å². The molecule has 0 heterocycles. The molecule has 0 spiro atoms. The molecule has 1 rings (SSSR count). The summed E-state index contributed by atoms with van der Waals surface area (Å²) in [5.41, 5.74) is 7.31. The van der Waals surface area contributed by atoms with Crippen LogP contribution in [-0.4, -0.2) is 18.2 Å². The van der Waals surface area contributed by atoms with Gasteiger partial charge in [-0.3, -0.25) is 0 Å². The van der Waals surface area contributed by atoms with Crippen LogP contribution in [0.2, 0.25) is 0 Å². The highest BCUT2D eigenvalue weighted by atomic mass is 16.6. The van der Waals surface area contributed by atoms with Gasteiger partial charge in [0.05, 0.1) is 11.6 Å². The molecular weight excluding hydrogens is 266 g/mol. The summed E-state index contributed by atoms with van der Waals surface area (Å²) in [7, 11) is 0. The number of nitrogens with two attached hydrogens (primary N) is 1. The molecule has 0 aromatic heterocycles. The Labute approximate surface area is 125 Å². The molecule has 1 aromatic carbocycles. The van der Waals surface area contributed by atoms with Crippen LogP contribution in [0.25, 0.3) is 6.08 Å². The summed E-state index contributed by atoms with van der Waals surface area (Å²) < 4.78 is 5.12. The first-order chi connectivity index (χ1) is 9.81. The van der Waals surface area contributed by atoms with Crippen molar-refractivity contribution in [1.29, 1.82) is 5.26 Å². The lowest BCUT2D eigenvalue weighted by atomic mass is 10.1. The molecule has 0 unspecified atom stereocenters. The van der Waals surface area contributed by atoms with Crippen molar-refractivity contribution >= 4 is 17.9 Å². The number of nitrogens with zero attached hydrogens (tertiary/aromatic N) is 1. The lowest BCUT2D eigenvalue weighted by Crippen LogP contribution is -2.32. The Morgan fingerprint density at radius 3 is 2.81 bits per heavy atom. The van der Waals surface area contributed by atoms with E-state index in [0.29, 0.717) is 24.2 Å². The molecule has 5 nitrogen and oxygen atoms in total. The van der Waals surface area contributed by atoms with Crippen LogP contribution in [0, 0.1) is 11.3 Å². The topological polar surface area (TPSA) is 88.1 Å². The summed E-state index contributed by atoms with van der Waals surface area (Å²) in [6.07, 6.45) is 3.95. The Balaban J connectivity index is 2.43. The predicted molar refractivity (Wildman–Crippen MR) is 83.5 cm³/mol. The number of nitrogen functional groups attached to an aromatic ring is 1. The Hall–Kier alpha value is -2.48. The maximum absolute atomic E-state index is 11.4. The third kappa shape index (κ3) is 6.48. The fraction of sp³-hybridized carbons (Fsp3) is 0.375. The monoisotopic (exact) mass is 287 g/mol. The minimum atomic E-state index is -0.494. The van der Waals surface area contributed by atoms with Crippen LogP contribution in [0.3, 0.4) is 0 Å². The van der Waals surface area contributed by atoms with Gasteiger partial charge < -0.3 is 15.8 Å². The Bertz CT molecular complexity index is 566. The van der Waals surface area contributed by atoms with Crippen molar-refractivity contribution in [1.82, 2.24) is 5.32 Å². The minimum absolute atomic E-state index is 0.429. The molecule has 0 aliphatic rings. The molecule has 0 bridgehead atoms. The van der Waals surface area contributed by atoms with Crippen molar-refractivity contribution in [3.05, 3.63) is 35.4 Å². The quantitative estimate of drug-likeness (QED) is 0.658. The molecule has 0 aliphatic carbocycles. The van der Waals surface area contributed by atoms with E-state index in [4.69, 9.17) is 15.7 Å². The van der Waals surface area contributed by atoms with Crippen molar-refractivity contribution in [3.63, 3.8) is 0 Å². The summed E-state index contributed by atoms with van der Waals surface area (Å²) in [4.78, 5) is 11.4. The van der Waals surface area contributed by atoms with Gasteiger partial charge in [0, 0.05) is 12.2 Å². The van der Waals surface area contributed by atoms with Crippen LogP contribution in [0.15, 0.2) is 24.3 Å². The number of amides is 1. The molecule has 0 atom stereocenters. The SMILES string of the molecule is CC(C)(C)OC(=O)NCCC=Cc1cc(C#N)ccc1N. The smallest absolute Gasteiger partial charge is 0.407 e. The zero-order chi connectivity index (χ0) is 15.9. The Morgan fingerprint density at radius 2 is 2.19 bits per heavy atom. The Morgan fingerprint density at radius 1 is 1.48 bits per heavy atom. The minimum Gasteiger partial charge on any atom is -0.444 e. The number of alkyl carbamates (subject to hydrolysis) is 1. The molecule has 0 fully saturated rings. The van der Waals surface area contributed by atoms with Gasteiger partial charge in [-0.2, -0.15) is 5.26 Å². The van der Waals surface area contributed by atoms with Crippen molar-refractivity contribution in [2.75, 3.05) is 12.3 Å². The highest BCUT2D eigenvalue weighted by Gasteiger charge is 2.15. The van der Waals surface area contributed by atoms with Gasteiger partial charge in [-0.15, -0.1) is 0 Å². The van der Waals surface area contributed by atoms with Crippen LogP contribution in [0.1, 0.15) is 38.3 Å². The van der Waals surface area contributed by atoms with Crippen LogP contribution in [0.5, 0.6) is 0 Å². The number of nitriles is 1. The zero-order valence-electron chi connectivity index (χ0n) is 12.6. The maximum atomic E-state index is 11.4. The summed E-state index contributed by atoms with van der Waals surface area (Å²) in [5.74, 6) is 0. The fourth-order valence-electron chi connectivity index (χ4n) is 1.57. The molecular formula is C16H21N3O2. The van der Waals surface area contributed by atoms with E-state index >= 15 is 0 Å². The van der Waals surface area contributed by atoms with Crippen molar-refractivity contribution in [2.24, 2.45) is 0 Å². The van der Waals surface area contributed by atoms with E-state index in [-0.39, 0.29) is 0 Å². The molecule has 3 N–H and O–H groups in total. The van der Waals surface area contributed by atoms with Crippen molar-refractivity contribution in [3.8, 4) is 6.07 Å². The normalized spacial score (nSPS) is 11.1. The second kappa shape index (κ2) is 7.34. The Kier molecular flexibility index (Phi) is 5.79. The van der Waals surface area contributed by atoms with Gasteiger partial charge in [0.15, 0.2) is 0 Å². The van der Waals surface area contributed by atoms with E-state index in [2.05, 4.69) is 11.4 Å². The molecule has 0 radical (unpaired) electrons. The number of carbonyl (C=O) groups is 1. The highest BCUT2D eigenvalue weighted by Crippen LogP contribution is 2.15. The van der Waals surface area contributed by atoms with Crippen molar-refractivity contribution in [2.45, 2.75) is 32.8 Å². The fourth-order valence-corrected chi connectivity index (χ4v) is 1.57. The van der Waals surface area contributed by atoms with Crippen LogP contribution in [0.4, 0.5) is 10.5 Å². The van der Waals surface area contributed by atoms with E-state index in [1.54, 1.807) is 18.2 Å². The summed E-state index contributed by atoms with van der Waals surface area (Å²) >= 11 is 0. The van der Waals surface area contributed by atoms with E-state index < -0.39 is 11.7 Å². The van der Waals surface area contributed by atoms with Gasteiger partial charge in [-0.05, 0) is 51.0 Å². The summed E-state index contributed by atoms with van der Waals surface area (Å²) in [6, 6.07) is 7.18. The van der Waals surface area contributed by atoms with Gasteiger partial charge in [0.2, 0.25) is 0 Å². The lowest BCUT2D eigenvalue weighted by Gasteiger charge is -2.19. The van der Waals surface area contributed by atoms with E-state index in [0.717, 1.165) is 5.56 Å². The van der Waals surface area contributed by atoms with Gasteiger partial charge in [0.25, 0.3) is 0 Å². The predicted octanol–water partition coefficient (Wildman–Crippen LogP) is 3.07. The number of nitrogens with one attached hydrogen (secondary N) is 1. The van der Waals surface area contributed by atoms with Gasteiger partial charge in [0.1, 0.15) is 5.60 Å². The van der Waals surface area contributed by atoms with Crippen LogP contribution >= 0.6 is 0 Å². The molecule has 1 amide bonds. The first-order valence-corrected chi connectivity index (χ1v) is 6.75. The second-order valence-electron chi connectivity index (χ2n) is 5.58. The van der Waals surface area contributed by atoms with E-state index in [1.807, 2.05) is 32.9 Å². The summed E-state index contributed by atoms with van der Waals surface area (Å²) in [6.45, 7) is 5.93. The maximum Gasteiger partial charge on any atom is 0.407 e. The number of hydrogen-bond donors (Lipinski definition) is 2. The number of ether oxygens (including phenoxy) is 1. The first-order valence-electron chi connectivity index (χ1n) is 6.75. The van der Waals surface area contributed by atoms with Crippen LogP contribution in [-0.2, 0) is 4.74 Å². The largest absolute Gasteiger partial charge is 0.444 e. The molecule has 1 aromatic rings. The average molecular weight is 287 g/mol. The number of hydrogen-bond acceptors (Lipinski definition) is 4. The van der Waals surface area contributed by atoms with Gasteiger partial charge >= 0.3 is 6.09 Å². The van der Waals surface area contributed by atoms with E-state index in [1.165, 1.54) is 0 Å². The zero-order valence-corrected chi connectivity index (χ0v) is 12.6. The molecule has 5 heteroatoms.